The average Bonchev–Trinajstić information content (AvgIpc) is 2.15. The van der Waals surface area contributed by atoms with E-state index in [1.165, 1.54) is 12.1 Å². The first-order valence-corrected chi connectivity index (χ1v) is 6.59. The Kier molecular flexibility index (Phi) is 2.59. The van der Waals surface area contributed by atoms with Crippen molar-refractivity contribution in [2.45, 2.75) is 6.04 Å². The molecule has 16 heavy (non-hydrogen) atoms. The van der Waals surface area contributed by atoms with E-state index in [2.05, 4.69) is 5.32 Å². The van der Waals surface area contributed by atoms with Crippen molar-refractivity contribution in [1.82, 2.24) is 0 Å². The predicted molar refractivity (Wildman–Crippen MR) is 59.5 cm³/mol. The number of carbonyl (C=O) groups is 1. The summed E-state index contributed by atoms with van der Waals surface area (Å²) in [5.41, 5.74) is 0.955. The lowest BCUT2D eigenvalue weighted by atomic mass is 10.2. The molecular formula is C10H11NO4S. The lowest BCUT2D eigenvalue weighted by Crippen LogP contribution is -2.46. The van der Waals surface area contributed by atoms with Crippen molar-refractivity contribution in [3.8, 4) is 0 Å². The van der Waals surface area contributed by atoms with Crippen molar-refractivity contribution in [2.75, 3.05) is 16.8 Å². The van der Waals surface area contributed by atoms with Crippen LogP contribution >= 0.6 is 0 Å². The molecule has 1 aliphatic rings. The normalized spacial score (nSPS) is 18.8. The first-order chi connectivity index (χ1) is 7.46. The van der Waals surface area contributed by atoms with Crippen LogP contribution in [-0.2, 0) is 9.84 Å². The molecule has 0 spiro atoms. The van der Waals surface area contributed by atoms with Crippen LogP contribution in [0.1, 0.15) is 10.4 Å². The molecule has 1 aromatic rings. The SMILES string of the molecule is O=C(O)c1ccc(NC2CS(=O)(=O)C2)cc1. The topological polar surface area (TPSA) is 83.5 Å². The molecule has 1 aliphatic heterocycles. The Balaban J connectivity index is 1.99. The Labute approximate surface area is 93.0 Å². The Bertz CT molecular complexity index is 494. The van der Waals surface area contributed by atoms with Gasteiger partial charge < -0.3 is 10.4 Å². The quantitative estimate of drug-likeness (QED) is 0.809. The summed E-state index contributed by atoms with van der Waals surface area (Å²) in [6, 6.07) is 6.18. The summed E-state index contributed by atoms with van der Waals surface area (Å²) in [5.74, 6) is -0.681. The highest BCUT2D eigenvalue weighted by molar-refractivity contribution is 7.92. The average molecular weight is 241 g/mol. The lowest BCUT2D eigenvalue weighted by Gasteiger charge is -2.27. The van der Waals surface area contributed by atoms with Crippen LogP contribution in [0.2, 0.25) is 0 Å². The van der Waals surface area contributed by atoms with E-state index in [9.17, 15) is 13.2 Å². The third-order valence-electron chi connectivity index (χ3n) is 2.41. The van der Waals surface area contributed by atoms with Gasteiger partial charge in [0.15, 0.2) is 9.84 Å². The van der Waals surface area contributed by atoms with Crippen LogP contribution in [0.25, 0.3) is 0 Å². The number of benzene rings is 1. The minimum Gasteiger partial charge on any atom is -0.478 e. The van der Waals surface area contributed by atoms with Crippen molar-refractivity contribution in [3.63, 3.8) is 0 Å². The molecule has 0 radical (unpaired) electrons. The number of carboxylic acid groups (broad SMARTS) is 1. The van der Waals surface area contributed by atoms with E-state index in [1.54, 1.807) is 12.1 Å². The molecule has 0 bridgehead atoms. The maximum atomic E-state index is 10.9. The van der Waals surface area contributed by atoms with E-state index in [0.29, 0.717) is 0 Å². The second kappa shape index (κ2) is 3.79. The highest BCUT2D eigenvalue weighted by atomic mass is 32.2. The van der Waals surface area contributed by atoms with Crippen LogP contribution in [0.4, 0.5) is 5.69 Å². The number of hydrogen-bond acceptors (Lipinski definition) is 4. The maximum Gasteiger partial charge on any atom is 0.335 e. The van der Waals surface area contributed by atoms with Gasteiger partial charge in [-0.05, 0) is 24.3 Å². The molecule has 6 heteroatoms. The summed E-state index contributed by atoms with van der Waals surface area (Å²) in [4.78, 5) is 10.6. The molecule has 0 saturated carbocycles. The maximum absolute atomic E-state index is 10.9. The van der Waals surface area contributed by atoms with Crippen LogP contribution in [0.5, 0.6) is 0 Å². The summed E-state index contributed by atoms with van der Waals surface area (Å²) in [7, 11) is -2.83. The van der Waals surface area contributed by atoms with Gasteiger partial charge in [0.2, 0.25) is 0 Å². The smallest absolute Gasteiger partial charge is 0.335 e. The summed E-state index contributed by atoms with van der Waals surface area (Å²) >= 11 is 0. The molecule has 1 aromatic carbocycles. The van der Waals surface area contributed by atoms with E-state index >= 15 is 0 Å². The van der Waals surface area contributed by atoms with Crippen molar-refractivity contribution in [1.29, 1.82) is 0 Å². The molecule has 2 N–H and O–H groups in total. The largest absolute Gasteiger partial charge is 0.478 e. The van der Waals surface area contributed by atoms with E-state index in [1.807, 2.05) is 0 Å². The number of nitrogens with one attached hydrogen (secondary N) is 1. The Hall–Kier alpha value is -1.56. The second-order valence-corrected chi connectivity index (χ2v) is 5.95. The standard InChI is InChI=1S/C10H11NO4S/c12-10(13)7-1-3-8(4-2-7)11-9-5-16(14,15)6-9/h1-4,9,11H,5-6H2,(H,12,13). The fraction of sp³-hybridized carbons (Fsp3) is 0.300. The third-order valence-corrected chi connectivity index (χ3v) is 4.23. The monoisotopic (exact) mass is 241 g/mol. The molecule has 1 heterocycles. The van der Waals surface area contributed by atoms with Gasteiger partial charge in [-0.3, -0.25) is 0 Å². The van der Waals surface area contributed by atoms with Crippen LogP contribution in [-0.4, -0.2) is 37.0 Å². The first-order valence-electron chi connectivity index (χ1n) is 4.76. The molecular weight excluding hydrogens is 230 g/mol. The van der Waals surface area contributed by atoms with Gasteiger partial charge in [-0.15, -0.1) is 0 Å². The first kappa shape index (κ1) is 10.9. The summed E-state index contributed by atoms with van der Waals surface area (Å²) in [5, 5.41) is 11.7. The van der Waals surface area contributed by atoms with Gasteiger partial charge in [0, 0.05) is 5.69 Å². The van der Waals surface area contributed by atoms with Crippen molar-refractivity contribution in [3.05, 3.63) is 29.8 Å². The molecule has 0 aromatic heterocycles. The van der Waals surface area contributed by atoms with E-state index in [-0.39, 0.29) is 23.1 Å². The number of aromatic carboxylic acids is 1. The minimum atomic E-state index is -2.83. The fourth-order valence-corrected chi connectivity index (χ4v) is 2.89. The van der Waals surface area contributed by atoms with Gasteiger partial charge in [0.25, 0.3) is 0 Å². The zero-order valence-corrected chi connectivity index (χ0v) is 9.20. The van der Waals surface area contributed by atoms with E-state index in [0.717, 1.165) is 5.69 Å². The van der Waals surface area contributed by atoms with Gasteiger partial charge in [0.1, 0.15) is 0 Å². The van der Waals surface area contributed by atoms with Gasteiger partial charge in [-0.2, -0.15) is 0 Å². The summed E-state index contributed by atoms with van der Waals surface area (Å²) in [6.45, 7) is 0. The molecule has 1 saturated heterocycles. The van der Waals surface area contributed by atoms with Crippen LogP contribution in [0, 0.1) is 0 Å². The Morgan fingerprint density at radius 3 is 2.25 bits per heavy atom. The highest BCUT2D eigenvalue weighted by Gasteiger charge is 2.32. The predicted octanol–water partition coefficient (Wildman–Crippen LogP) is 0.594. The molecule has 0 atom stereocenters. The van der Waals surface area contributed by atoms with Gasteiger partial charge in [-0.25, -0.2) is 13.2 Å². The van der Waals surface area contributed by atoms with Crippen molar-refractivity contribution >= 4 is 21.5 Å². The third kappa shape index (κ3) is 2.33. The van der Waals surface area contributed by atoms with E-state index < -0.39 is 15.8 Å². The lowest BCUT2D eigenvalue weighted by molar-refractivity contribution is 0.0697. The zero-order chi connectivity index (χ0) is 11.8. The van der Waals surface area contributed by atoms with E-state index in [4.69, 9.17) is 5.11 Å². The minimum absolute atomic E-state index is 0.0549. The molecule has 0 aliphatic carbocycles. The molecule has 2 rings (SSSR count). The zero-order valence-electron chi connectivity index (χ0n) is 8.38. The molecule has 5 nitrogen and oxygen atoms in total. The molecule has 0 amide bonds. The van der Waals surface area contributed by atoms with Crippen LogP contribution in [0.3, 0.4) is 0 Å². The number of sulfone groups is 1. The fourth-order valence-electron chi connectivity index (χ4n) is 1.59. The number of hydrogen-bond donors (Lipinski definition) is 2. The number of rotatable bonds is 3. The Morgan fingerprint density at radius 2 is 1.81 bits per heavy atom. The molecule has 86 valence electrons. The van der Waals surface area contributed by atoms with Gasteiger partial charge in [0.05, 0.1) is 23.1 Å². The van der Waals surface area contributed by atoms with Gasteiger partial charge >= 0.3 is 5.97 Å². The van der Waals surface area contributed by atoms with Crippen LogP contribution < -0.4 is 5.32 Å². The second-order valence-electron chi connectivity index (χ2n) is 3.80. The number of carboxylic acids is 1. The van der Waals surface area contributed by atoms with Crippen LogP contribution in [0.15, 0.2) is 24.3 Å². The van der Waals surface area contributed by atoms with Crippen molar-refractivity contribution in [2.24, 2.45) is 0 Å². The Morgan fingerprint density at radius 1 is 1.25 bits per heavy atom. The number of anilines is 1. The summed E-state index contributed by atoms with van der Waals surface area (Å²) in [6.07, 6.45) is 0. The molecule has 0 unspecified atom stereocenters. The van der Waals surface area contributed by atoms with Crippen molar-refractivity contribution < 1.29 is 18.3 Å². The highest BCUT2D eigenvalue weighted by Crippen LogP contribution is 2.17. The van der Waals surface area contributed by atoms with Gasteiger partial charge in [-0.1, -0.05) is 0 Å². The molecule has 1 fully saturated rings. The summed E-state index contributed by atoms with van der Waals surface area (Å²) < 4.78 is 21.8.